The van der Waals surface area contributed by atoms with Gasteiger partial charge in [0, 0.05) is 0 Å². The van der Waals surface area contributed by atoms with Crippen molar-refractivity contribution < 1.29 is 67.1 Å². The van der Waals surface area contributed by atoms with E-state index in [1.165, 1.54) is 29.5 Å². The first-order valence-electron chi connectivity index (χ1n) is 8.17. The molecule has 0 heterocycles. The van der Waals surface area contributed by atoms with Gasteiger partial charge in [0.1, 0.15) is 5.75 Å². The van der Waals surface area contributed by atoms with Crippen LogP contribution in [-0.4, -0.2) is 5.11 Å². The number of benzene rings is 2. The zero-order valence-electron chi connectivity index (χ0n) is 17.2. The van der Waals surface area contributed by atoms with Crippen molar-refractivity contribution in [3.8, 4) is 16.9 Å². The SMILES string of the molecule is CCCCc1c(O)ccc(-c2ccccc2)c1CCCC.[H-].[H-].[Na+].[Na+]. The molecule has 0 aromatic heterocycles. The first kappa shape index (κ1) is 23.2. The van der Waals surface area contributed by atoms with E-state index >= 15 is 0 Å². The van der Waals surface area contributed by atoms with Crippen LogP contribution in [0.2, 0.25) is 0 Å². The van der Waals surface area contributed by atoms with Gasteiger partial charge in [-0.05, 0) is 54.0 Å². The second-order valence-electron chi connectivity index (χ2n) is 5.66. The molecule has 0 amide bonds. The number of hydrogen-bond donors (Lipinski definition) is 1. The molecule has 0 saturated heterocycles. The summed E-state index contributed by atoms with van der Waals surface area (Å²) in [6, 6.07) is 14.5. The molecule has 1 N–H and O–H groups in total. The van der Waals surface area contributed by atoms with Crippen LogP contribution in [0.5, 0.6) is 5.75 Å². The molecular weight excluding hydrogens is 302 g/mol. The van der Waals surface area contributed by atoms with Gasteiger partial charge >= 0.3 is 59.1 Å². The molecule has 0 aliphatic carbocycles. The van der Waals surface area contributed by atoms with Gasteiger partial charge in [-0.2, -0.15) is 0 Å². The number of unbranched alkanes of at least 4 members (excludes halogenated alkanes) is 2. The summed E-state index contributed by atoms with van der Waals surface area (Å²) in [4.78, 5) is 0. The van der Waals surface area contributed by atoms with Crippen molar-refractivity contribution in [2.75, 3.05) is 0 Å². The minimum Gasteiger partial charge on any atom is -1.00 e. The van der Waals surface area contributed by atoms with Crippen molar-refractivity contribution in [1.82, 2.24) is 0 Å². The van der Waals surface area contributed by atoms with Gasteiger partial charge in [-0.1, -0.05) is 63.1 Å². The second-order valence-corrected chi connectivity index (χ2v) is 5.66. The van der Waals surface area contributed by atoms with Crippen molar-refractivity contribution in [3.05, 3.63) is 53.6 Å². The van der Waals surface area contributed by atoms with Gasteiger partial charge in [0.2, 0.25) is 0 Å². The van der Waals surface area contributed by atoms with Crippen molar-refractivity contribution in [3.63, 3.8) is 0 Å². The Hall–Kier alpha value is 0.240. The molecule has 0 aliphatic heterocycles. The zero-order valence-corrected chi connectivity index (χ0v) is 19.2. The average Bonchev–Trinajstić information content (AvgIpc) is 2.53. The fourth-order valence-corrected chi connectivity index (χ4v) is 2.84. The third-order valence-electron chi connectivity index (χ3n) is 4.05. The molecule has 0 radical (unpaired) electrons. The summed E-state index contributed by atoms with van der Waals surface area (Å²) < 4.78 is 0. The number of phenolic OH excluding ortho intramolecular Hbond substituents is 1. The summed E-state index contributed by atoms with van der Waals surface area (Å²) >= 11 is 0. The maximum absolute atomic E-state index is 10.3. The van der Waals surface area contributed by atoms with Crippen LogP contribution in [0.15, 0.2) is 42.5 Å². The Morgan fingerprint density at radius 3 is 1.91 bits per heavy atom. The molecule has 0 fully saturated rings. The van der Waals surface area contributed by atoms with Crippen LogP contribution in [-0.2, 0) is 12.8 Å². The second kappa shape index (κ2) is 12.6. The summed E-state index contributed by atoms with van der Waals surface area (Å²) in [5.41, 5.74) is 5.04. The summed E-state index contributed by atoms with van der Waals surface area (Å²) in [5, 5.41) is 10.3. The minimum absolute atomic E-state index is 0. The molecule has 0 spiro atoms. The molecule has 0 atom stereocenters. The normalized spacial score (nSPS) is 9.83. The Morgan fingerprint density at radius 1 is 0.783 bits per heavy atom. The summed E-state index contributed by atoms with van der Waals surface area (Å²) in [6.07, 6.45) is 6.66. The summed E-state index contributed by atoms with van der Waals surface area (Å²) in [7, 11) is 0. The van der Waals surface area contributed by atoms with Gasteiger partial charge in [0.05, 0.1) is 0 Å². The summed E-state index contributed by atoms with van der Waals surface area (Å²) in [5.74, 6) is 0.467. The minimum atomic E-state index is 0. The van der Waals surface area contributed by atoms with Crippen molar-refractivity contribution in [2.45, 2.75) is 52.4 Å². The van der Waals surface area contributed by atoms with Crippen LogP contribution in [0, 0.1) is 0 Å². The predicted molar refractivity (Wildman–Crippen MR) is 93.0 cm³/mol. The van der Waals surface area contributed by atoms with Gasteiger partial charge in [-0.25, -0.2) is 0 Å². The van der Waals surface area contributed by atoms with E-state index in [-0.39, 0.29) is 62.0 Å². The quantitative estimate of drug-likeness (QED) is 0.708. The molecule has 2 aromatic rings. The largest absolute Gasteiger partial charge is 1.00 e. The maximum Gasteiger partial charge on any atom is 1.00 e. The van der Waals surface area contributed by atoms with E-state index in [0.717, 1.165) is 31.2 Å². The third kappa shape index (κ3) is 6.57. The number of rotatable bonds is 7. The summed E-state index contributed by atoms with van der Waals surface area (Å²) in [6.45, 7) is 4.42. The molecule has 1 nitrogen and oxygen atoms in total. The third-order valence-corrected chi connectivity index (χ3v) is 4.05. The smallest absolute Gasteiger partial charge is 1.00 e. The van der Waals surface area contributed by atoms with E-state index in [1.807, 2.05) is 12.1 Å². The monoisotopic (exact) mass is 330 g/mol. The number of phenols is 1. The molecule has 0 aliphatic rings. The van der Waals surface area contributed by atoms with Crippen molar-refractivity contribution in [2.24, 2.45) is 0 Å². The topological polar surface area (TPSA) is 20.2 Å². The van der Waals surface area contributed by atoms with Crippen LogP contribution >= 0.6 is 0 Å². The zero-order chi connectivity index (χ0) is 15.1. The van der Waals surface area contributed by atoms with E-state index < -0.39 is 0 Å². The fraction of sp³-hybridized carbons (Fsp3) is 0.400. The maximum atomic E-state index is 10.3. The number of aromatic hydroxyl groups is 1. The predicted octanol–water partition coefficient (Wildman–Crippen LogP) is -0.0226. The van der Waals surface area contributed by atoms with Crippen LogP contribution < -0.4 is 59.1 Å². The van der Waals surface area contributed by atoms with E-state index in [1.54, 1.807) is 0 Å². The first-order valence-corrected chi connectivity index (χ1v) is 8.17. The van der Waals surface area contributed by atoms with Gasteiger partial charge in [0.15, 0.2) is 0 Å². The van der Waals surface area contributed by atoms with Gasteiger partial charge < -0.3 is 7.96 Å². The van der Waals surface area contributed by atoms with Crippen LogP contribution in [0.4, 0.5) is 0 Å². The van der Waals surface area contributed by atoms with E-state index in [9.17, 15) is 5.11 Å². The van der Waals surface area contributed by atoms with Crippen LogP contribution in [0.25, 0.3) is 11.1 Å². The number of hydrogen-bond acceptors (Lipinski definition) is 1. The van der Waals surface area contributed by atoms with Gasteiger partial charge in [-0.3, -0.25) is 0 Å². The molecule has 2 rings (SSSR count). The molecule has 116 valence electrons. The Morgan fingerprint density at radius 2 is 1.35 bits per heavy atom. The van der Waals surface area contributed by atoms with Crippen molar-refractivity contribution >= 4 is 0 Å². The average molecular weight is 330 g/mol. The van der Waals surface area contributed by atoms with E-state index in [2.05, 4.69) is 44.2 Å². The molecule has 23 heavy (non-hydrogen) atoms. The van der Waals surface area contributed by atoms with Gasteiger partial charge in [-0.15, -0.1) is 0 Å². The molecule has 0 bridgehead atoms. The fourth-order valence-electron chi connectivity index (χ4n) is 2.84. The standard InChI is InChI=1S/C20H26O.2Na.2H/c1-3-5-12-18-17(16-10-8-7-9-11-16)14-15-20(21)19(18)13-6-4-2;;;;/h7-11,14-15,21H,3-6,12-13H2,1-2H3;;;;/q;2*+1;2*-1. The Kier molecular flexibility index (Phi) is 12.7. The van der Waals surface area contributed by atoms with Crippen LogP contribution in [0.1, 0.15) is 53.5 Å². The molecule has 0 saturated carbocycles. The van der Waals surface area contributed by atoms with Crippen LogP contribution in [0.3, 0.4) is 0 Å². The molecular formula is C20H28Na2O. The first-order chi connectivity index (χ1) is 10.3. The van der Waals surface area contributed by atoms with Crippen molar-refractivity contribution in [1.29, 1.82) is 0 Å². The Labute approximate surface area is 188 Å². The molecule has 0 unspecified atom stereocenters. The van der Waals surface area contributed by atoms with Gasteiger partial charge in [0.25, 0.3) is 0 Å². The Bertz CT molecular complexity index is 577. The molecule has 2 aromatic carbocycles. The van der Waals surface area contributed by atoms with E-state index in [4.69, 9.17) is 0 Å². The van der Waals surface area contributed by atoms with E-state index in [0.29, 0.717) is 5.75 Å². The molecule has 3 heteroatoms. The Balaban J connectivity index is -0.00000121.